The van der Waals surface area contributed by atoms with Crippen LogP contribution >= 0.6 is 0 Å². The molecule has 0 spiro atoms. The highest BCUT2D eigenvalue weighted by Gasteiger charge is 2.32. The molecule has 1 rings (SSSR count). The Morgan fingerprint density at radius 3 is 2.20 bits per heavy atom. The van der Waals surface area contributed by atoms with Gasteiger partial charge in [-0.05, 0) is 12.8 Å². The highest BCUT2D eigenvalue weighted by Crippen LogP contribution is 2.12. The van der Waals surface area contributed by atoms with E-state index in [4.69, 9.17) is 5.73 Å². The summed E-state index contributed by atoms with van der Waals surface area (Å²) in [6, 6.07) is 0.104. The van der Waals surface area contributed by atoms with Crippen molar-refractivity contribution in [1.82, 2.24) is 10.9 Å². The molecule has 0 aromatic rings. The molecule has 10 heavy (non-hydrogen) atoms. The topological polar surface area (TPSA) is 67.2 Å². The molecule has 1 amide bonds. The Morgan fingerprint density at radius 2 is 2.00 bits per heavy atom. The van der Waals surface area contributed by atoms with E-state index in [-0.39, 0.29) is 17.9 Å². The number of primary amides is 1. The van der Waals surface area contributed by atoms with Gasteiger partial charge in [0.05, 0.1) is 0 Å². The zero-order chi connectivity index (χ0) is 7.72. The zero-order valence-corrected chi connectivity index (χ0v) is 6.22. The molecule has 1 aliphatic heterocycles. The van der Waals surface area contributed by atoms with Gasteiger partial charge in [-0.25, -0.2) is 5.43 Å². The van der Waals surface area contributed by atoms with Crippen molar-refractivity contribution in [3.05, 3.63) is 0 Å². The number of nitrogens with two attached hydrogens (primary N) is 1. The maximum Gasteiger partial charge on any atom is 0.236 e. The van der Waals surface area contributed by atoms with Gasteiger partial charge in [0.25, 0.3) is 0 Å². The minimum absolute atomic E-state index is 0.213. The molecule has 0 aromatic heterocycles. The summed E-state index contributed by atoms with van der Waals surface area (Å²) in [6.45, 7) is 4.01. The number of carbonyl (C=O) groups is 1. The molecule has 0 aromatic carbocycles. The van der Waals surface area contributed by atoms with Crippen LogP contribution in [0.3, 0.4) is 0 Å². The average Bonchev–Trinajstić information content (AvgIpc) is 2.14. The molecule has 1 saturated heterocycles. The number of hydrazine groups is 1. The molecular formula is C6H13N3O. The fraction of sp³-hybridized carbons (Fsp3) is 0.833. The summed E-state index contributed by atoms with van der Waals surface area (Å²) in [6.07, 6.45) is 0. The smallest absolute Gasteiger partial charge is 0.236 e. The van der Waals surface area contributed by atoms with Crippen molar-refractivity contribution in [3.8, 4) is 0 Å². The van der Waals surface area contributed by atoms with Crippen LogP contribution in [0.25, 0.3) is 0 Å². The number of amides is 1. The lowest BCUT2D eigenvalue weighted by Crippen LogP contribution is -2.42. The van der Waals surface area contributed by atoms with Crippen molar-refractivity contribution in [1.29, 1.82) is 0 Å². The van der Waals surface area contributed by atoms with Gasteiger partial charge >= 0.3 is 0 Å². The molecule has 1 fully saturated rings. The summed E-state index contributed by atoms with van der Waals surface area (Å²) >= 11 is 0. The minimum Gasteiger partial charge on any atom is -0.368 e. The summed E-state index contributed by atoms with van der Waals surface area (Å²) in [4.78, 5) is 10.7. The van der Waals surface area contributed by atoms with E-state index in [9.17, 15) is 4.79 Å². The Bertz CT molecular complexity index is 148. The van der Waals surface area contributed by atoms with E-state index in [0.29, 0.717) is 6.04 Å². The molecule has 3 unspecified atom stereocenters. The second-order valence-corrected chi connectivity index (χ2v) is 2.82. The lowest BCUT2D eigenvalue weighted by atomic mass is 9.98. The lowest BCUT2D eigenvalue weighted by Gasteiger charge is -2.11. The van der Waals surface area contributed by atoms with Crippen LogP contribution in [0.1, 0.15) is 13.8 Å². The van der Waals surface area contributed by atoms with Gasteiger partial charge in [0.2, 0.25) is 5.91 Å². The predicted molar refractivity (Wildman–Crippen MR) is 37.9 cm³/mol. The summed E-state index contributed by atoms with van der Waals surface area (Å²) in [5, 5.41) is 0. The molecule has 1 heterocycles. The first kappa shape index (κ1) is 7.50. The Kier molecular flexibility index (Phi) is 1.92. The fourth-order valence-electron chi connectivity index (χ4n) is 1.10. The maximum absolute atomic E-state index is 10.7. The van der Waals surface area contributed by atoms with Gasteiger partial charge in [-0.15, -0.1) is 0 Å². The quantitative estimate of drug-likeness (QED) is 0.440. The Morgan fingerprint density at radius 1 is 1.40 bits per heavy atom. The van der Waals surface area contributed by atoms with Crippen LogP contribution in [-0.4, -0.2) is 18.0 Å². The SMILES string of the molecule is CC1NNC(C(N)=O)C1C. The van der Waals surface area contributed by atoms with Gasteiger partial charge in [-0.1, -0.05) is 6.92 Å². The van der Waals surface area contributed by atoms with E-state index < -0.39 is 0 Å². The van der Waals surface area contributed by atoms with E-state index in [1.807, 2.05) is 13.8 Å². The molecule has 0 bridgehead atoms. The molecule has 4 N–H and O–H groups in total. The number of hydrogen-bond acceptors (Lipinski definition) is 3. The summed E-state index contributed by atoms with van der Waals surface area (Å²) in [5.41, 5.74) is 10.9. The first-order valence-electron chi connectivity index (χ1n) is 3.43. The van der Waals surface area contributed by atoms with Crippen LogP contribution in [-0.2, 0) is 4.79 Å². The van der Waals surface area contributed by atoms with E-state index in [1.165, 1.54) is 0 Å². The molecular weight excluding hydrogens is 130 g/mol. The van der Waals surface area contributed by atoms with Gasteiger partial charge in [0.15, 0.2) is 0 Å². The van der Waals surface area contributed by atoms with Crippen molar-refractivity contribution in [2.45, 2.75) is 25.9 Å². The summed E-state index contributed by atoms with van der Waals surface area (Å²) in [7, 11) is 0. The molecule has 0 saturated carbocycles. The molecule has 0 radical (unpaired) electrons. The number of carbonyl (C=O) groups excluding carboxylic acids is 1. The second-order valence-electron chi connectivity index (χ2n) is 2.82. The Balaban J connectivity index is 2.57. The third-order valence-electron chi connectivity index (χ3n) is 2.09. The zero-order valence-electron chi connectivity index (χ0n) is 6.22. The average molecular weight is 143 g/mol. The Hall–Kier alpha value is -0.610. The first-order valence-corrected chi connectivity index (χ1v) is 3.43. The van der Waals surface area contributed by atoms with Crippen LogP contribution in [0.5, 0.6) is 0 Å². The number of rotatable bonds is 1. The van der Waals surface area contributed by atoms with E-state index in [0.717, 1.165) is 0 Å². The maximum atomic E-state index is 10.7. The fourth-order valence-corrected chi connectivity index (χ4v) is 1.10. The molecule has 0 aliphatic carbocycles. The molecule has 3 atom stereocenters. The van der Waals surface area contributed by atoms with E-state index >= 15 is 0 Å². The molecule has 58 valence electrons. The van der Waals surface area contributed by atoms with Gasteiger partial charge in [-0.3, -0.25) is 10.2 Å². The lowest BCUT2D eigenvalue weighted by molar-refractivity contribution is -0.120. The van der Waals surface area contributed by atoms with Crippen molar-refractivity contribution < 1.29 is 4.79 Å². The normalized spacial score (nSPS) is 40.0. The largest absolute Gasteiger partial charge is 0.368 e. The third kappa shape index (κ3) is 1.12. The molecule has 4 nitrogen and oxygen atoms in total. The van der Waals surface area contributed by atoms with Crippen LogP contribution in [0.4, 0.5) is 0 Å². The summed E-state index contributed by atoms with van der Waals surface area (Å²) < 4.78 is 0. The van der Waals surface area contributed by atoms with Crippen LogP contribution < -0.4 is 16.6 Å². The van der Waals surface area contributed by atoms with Crippen molar-refractivity contribution in [2.24, 2.45) is 11.7 Å². The highest BCUT2D eigenvalue weighted by atomic mass is 16.1. The minimum atomic E-state index is -0.288. The first-order chi connectivity index (χ1) is 4.63. The third-order valence-corrected chi connectivity index (χ3v) is 2.09. The van der Waals surface area contributed by atoms with Crippen LogP contribution in [0.2, 0.25) is 0 Å². The van der Waals surface area contributed by atoms with Gasteiger partial charge in [-0.2, -0.15) is 0 Å². The standard InChI is InChI=1S/C6H13N3O/c1-3-4(2)8-9-5(3)6(7)10/h3-5,8-9H,1-2H3,(H2,7,10). The number of hydrogen-bond donors (Lipinski definition) is 3. The monoisotopic (exact) mass is 143 g/mol. The Labute approximate surface area is 60.1 Å². The highest BCUT2D eigenvalue weighted by molar-refractivity contribution is 5.80. The predicted octanol–water partition coefficient (Wildman–Crippen LogP) is -1.03. The van der Waals surface area contributed by atoms with Crippen molar-refractivity contribution in [3.63, 3.8) is 0 Å². The van der Waals surface area contributed by atoms with Gasteiger partial charge in [0.1, 0.15) is 6.04 Å². The van der Waals surface area contributed by atoms with Crippen LogP contribution in [0.15, 0.2) is 0 Å². The van der Waals surface area contributed by atoms with Gasteiger partial charge in [0, 0.05) is 6.04 Å². The van der Waals surface area contributed by atoms with Crippen molar-refractivity contribution >= 4 is 5.91 Å². The number of nitrogens with one attached hydrogen (secondary N) is 2. The summed E-state index contributed by atoms with van der Waals surface area (Å²) in [5.74, 6) is -0.0122. The van der Waals surface area contributed by atoms with Crippen LogP contribution in [0, 0.1) is 5.92 Å². The van der Waals surface area contributed by atoms with Crippen molar-refractivity contribution in [2.75, 3.05) is 0 Å². The molecule has 1 aliphatic rings. The van der Waals surface area contributed by atoms with Gasteiger partial charge < -0.3 is 5.73 Å². The second kappa shape index (κ2) is 2.56. The molecule has 4 heteroatoms. The van der Waals surface area contributed by atoms with E-state index in [1.54, 1.807) is 0 Å². The van der Waals surface area contributed by atoms with E-state index in [2.05, 4.69) is 10.9 Å².